The number of aliphatic imine (C=N–C) groups is 1. The molecule has 0 heterocycles. The first kappa shape index (κ1) is 13.3. The largest absolute Gasteiger partial charge is 0.370 e. The smallest absolute Gasteiger partial charge is 0.188 e. The van der Waals surface area contributed by atoms with Crippen molar-refractivity contribution in [2.45, 2.75) is 65.3 Å². The lowest BCUT2D eigenvalue weighted by molar-refractivity contribution is 0.333. The molecule has 94 valence electrons. The molecule has 0 radical (unpaired) electrons. The average Bonchev–Trinajstić information content (AvgIpc) is 2.99. The molecule has 0 bridgehead atoms. The molecular formula is C13H27N3. The Morgan fingerprint density at radius 2 is 2.06 bits per heavy atom. The fourth-order valence-corrected chi connectivity index (χ4v) is 1.71. The van der Waals surface area contributed by atoms with Crippen LogP contribution in [0.2, 0.25) is 0 Å². The standard InChI is InChI=1S/C13H27N3/c1-4-5-6-9-13(2,3)10-15-12(14)16-11-7-8-11/h11H,4-10H2,1-3H3,(H3,14,15,16). The quantitative estimate of drug-likeness (QED) is 0.397. The van der Waals surface area contributed by atoms with Crippen LogP contribution in [0, 0.1) is 5.41 Å². The number of nitrogens with two attached hydrogens (primary N) is 1. The summed E-state index contributed by atoms with van der Waals surface area (Å²) in [5, 5.41) is 3.22. The molecule has 16 heavy (non-hydrogen) atoms. The molecule has 0 atom stereocenters. The van der Waals surface area contributed by atoms with E-state index in [2.05, 4.69) is 31.1 Å². The third kappa shape index (κ3) is 5.99. The molecule has 0 unspecified atom stereocenters. The normalized spacial score (nSPS) is 17.6. The lowest BCUT2D eigenvalue weighted by atomic mass is 9.87. The van der Waals surface area contributed by atoms with Gasteiger partial charge in [0, 0.05) is 12.6 Å². The minimum absolute atomic E-state index is 0.283. The summed E-state index contributed by atoms with van der Waals surface area (Å²) in [6.45, 7) is 7.62. The van der Waals surface area contributed by atoms with Gasteiger partial charge in [-0.15, -0.1) is 0 Å². The summed E-state index contributed by atoms with van der Waals surface area (Å²) < 4.78 is 0. The van der Waals surface area contributed by atoms with Gasteiger partial charge in [0.2, 0.25) is 0 Å². The molecule has 1 saturated carbocycles. The molecule has 1 fully saturated rings. The summed E-state index contributed by atoms with van der Waals surface area (Å²) in [5.74, 6) is 0.631. The van der Waals surface area contributed by atoms with Crippen LogP contribution in [0.25, 0.3) is 0 Å². The second-order valence-corrected chi connectivity index (χ2v) is 5.74. The van der Waals surface area contributed by atoms with Crippen molar-refractivity contribution in [3.8, 4) is 0 Å². The molecule has 0 aromatic rings. The van der Waals surface area contributed by atoms with Crippen LogP contribution in [0.1, 0.15) is 59.3 Å². The highest BCUT2D eigenvalue weighted by molar-refractivity contribution is 5.78. The van der Waals surface area contributed by atoms with E-state index < -0.39 is 0 Å². The number of nitrogens with one attached hydrogen (secondary N) is 1. The Morgan fingerprint density at radius 1 is 1.38 bits per heavy atom. The molecule has 1 aliphatic carbocycles. The Kier molecular flexibility index (Phi) is 5.10. The van der Waals surface area contributed by atoms with Crippen LogP contribution in [0.4, 0.5) is 0 Å². The summed E-state index contributed by atoms with van der Waals surface area (Å²) in [4.78, 5) is 4.44. The van der Waals surface area contributed by atoms with Crippen molar-refractivity contribution >= 4 is 5.96 Å². The minimum Gasteiger partial charge on any atom is -0.370 e. The number of guanidine groups is 1. The van der Waals surface area contributed by atoms with E-state index >= 15 is 0 Å². The van der Waals surface area contributed by atoms with Crippen LogP contribution < -0.4 is 11.1 Å². The van der Waals surface area contributed by atoms with Crippen LogP contribution in [-0.4, -0.2) is 18.5 Å². The maximum absolute atomic E-state index is 5.82. The second-order valence-electron chi connectivity index (χ2n) is 5.74. The minimum atomic E-state index is 0.283. The van der Waals surface area contributed by atoms with E-state index in [-0.39, 0.29) is 5.41 Å². The van der Waals surface area contributed by atoms with Crippen molar-refractivity contribution in [1.29, 1.82) is 0 Å². The van der Waals surface area contributed by atoms with Crippen molar-refractivity contribution in [2.75, 3.05) is 6.54 Å². The summed E-state index contributed by atoms with van der Waals surface area (Å²) in [6.07, 6.45) is 7.63. The van der Waals surface area contributed by atoms with Crippen LogP contribution in [-0.2, 0) is 0 Å². The average molecular weight is 225 g/mol. The molecule has 0 aromatic carbocycles. The number of rotatable bonds is 7. The van der Waals surface area contributed by atoms with Gasteiger partial charge in [-0.25, -0.2) is 0 Å². The molecule has 3 nitrogen and oxygen atoms in total. The van der Waals surface area contributed by atoms with Crippen LogP contribution in [0.5, 0.6) is 0 Å². The molecule has 3 heteroatoms. The molecule has 0 saturated heterocycles. The number of hydrogen-bond acceptors (Lipinski definition) is 1. The summed E-state index contributed by atoms with van der Waals surface area (Å²) in [7, 11) is 0. The maximum atomic E-state index is 5.82. The summed E-state index contributed by atoms with van der Waals surface area (Å²) in [6, 6.07) is 0.604. The van der Waals surface area contributed by atoms with Crippen LogP contribution >= 0.6 is 0 Å². The fourth-order valence-electron chi connectivity index (χ4n) is 1.71. The lowest BCUT2D eigenvalue weighted by Gasteiger charge is -2.22. The molecule has 0 aliphatic heterocycles. The van der Waals surface area contributed by atoms with Gasteiger partial charge in [-0.1, -0.05) is 40.0 Å². The van der Waals surface area contributed by atoms with Gasteiger partial charge in [0.15, 0.2) is 5.96 Å². The highest BCUT2D eigenvalue weighted by Crippen LogP contribution is 2.24. The molecule has 1 aliphatic rings. The summed E-state index contributed by atoms with van der Waals surface area (Å²) in [5.41, 5.74) is 6.10. The van der Waals surface area contributed by atoms with Crippen molar-refractivity contribution in [3.05, 3.63) is 0 Å². The predicted molar refractivity (Wildman–Crippen MR) is 70.6 cm³/mol. The summed E-state index contributed by atoms with van der Waals surface area (Å²) >= 11 is 0. The zero-order chi connectivity index (χ0) is 12.0. The zero-order valence-corrected chi connectivity index (χ0v) is 11.1. The Hall–Kier alpha value is -0.730. The van der Waals surface area contributed by atoms with Crippen molar-refractivity contribution in [1.82, 2.24) is 5.32 Å². The van der Waals surface area contributed by atoms with Gasteiger partial charge >= 0.3 is 0 Å². The van der Waals surface area contributed by atoms with Gasteiger partial charge in [-0.2, -0.15) is 0 Å². The topological polar surface area (TPSA) is 50.4 Å². The van der Waals surface area contributed by atoms with Gasteiger partial charge in [0.1, 0.15) is 0 Å². The Bertz CT molecular complexity index is 229. The van der Waals surface area contributed by atoms with Crippen molar-refractivity contribution in [3.63, 3.8) is 0 Å². The third-order valence-corrected chi connectivity index (χ3v) is 3.06. The maximum Gasteiger partial charge on any atom is 0.188 e. The van der Waals surface area contributed by atoms with Crippen molar-refractivity contribution < 1.29 is 0 Å². The molecular weight excluding hydrogens is 198 g/mol. The number of unbranched alkanes of at least 4 members (excludes halogenated alkanes) is 2. The van der Waals surface area contributed by atoms with Crippen LogP contribution in [0.15, 0.2) is 4.99 Å². The molecule has 0 aromatic heterocycles. The molecule has 0 amide bonds. The van der Waals surface area contributed by atoms with Gasteiger partial charge in [0.05, 0.1) is 0 Å². The van der Waals surface area contributed by atoms with Gasteiger partial charge < -0.3 is 11.1 Å². The van der Waals surface area contributed by atoms with E-state index in [1.54, 1.807) is 0 Å². The van der Waals surface area contributed by atoms with E-state index in [9.17, 15) is 0 Å². The van der Waals surface area contributed by atoms with Crippen molar-refractivity contribution in [2.24, 2.45) is 16.1 Å². The van der Waals surface area contributed by atoms with E-state index in [4.69, 9.17) is 5.73 Å². The lowest BCUT2D eigenvalue weighted by Crippen LogP contribution is -2.34. The molecule has 1 rings (SSSR count). The zero-order valence-electron chi connectivity index (χ0n) is 11.1. The first-order valence-corrected chi connectivity index (χ1v) is 6.60. The van der Waals surface area contributed by atoms with E-state index in [1.807, 2.05) is 0 Å². The predicted octanol–water partition coefficient (Wildman–Crippen LogP) is 2.66. The molecule has 3 N–H and O–H groups in total. The van der Waals surface area contributed by atoms with Gasteiger partial charge in [-0.05, 0) is 24.7 Å². The molecule has 0 spiro atoms. The van der Waals surface area contributed by atoms with E-state index in [1.165, 1.54) is 38.5 Å². The third-order valence-electron chi connectivity index (χ3n) is 3.06. The van der Waals surface area contributed by atoms with E-state index in [0.29, 0.717) is 12.0 Å². The first-order valence-electron chi connectivity index (χ1n) is 6.60. The highest BCUT2D eigenvalue weighted by atomic mass is 15.1. The number of nitrogens with zero attached hydrogens (tertiary/aromatic N) is 1. The number of hydrogen-bond donors (Lipinski definition) is 2. The Labute approximate surface area is 99.9 Å². The SMILES string of the molecule is CCCCCC(C)(C)CN=C(N)NC1CC1. The monoisotopic (exact) mass is 225 g/mol. The fraction of sp³-hybridized carbons (Fsp3) is 0.923. The Morgan fingerprint density at radius 3 is 2.62 bits per heavy atom. The van der Waals surface area contributed by atoms with Gasteiger partial charge in [-0.3, -0.25) is 4.99 Å². The van der Waals surface area contributed by atoms with Crippen LogP contribution in [0.3, 0.4) is 0 Å². The highest BCUT2D eigenvalue weighted by Gasteiger charge is 2.22. The van der Waals surface area contributed by atoms with Gasteiger partial charge in [0.25, 0.3) is 0 Å². The van der Waals surface area contributed by atoms with E-state index in [0.717, 1.165) is 6.54 Å². The second kappa shape index (κ2) is 6.12. The Balaban J connectivity index is 2.21. The first-order chi connectivity index (χ1) is 7.53.